The maximum absolute atomic E-state index is 12.0. The number of carbonyl (C=O) groups is 1. The summed E-state index contributed by atoms with van der Waals surface area (Å²) in [6, 6.07) is 13.0. The minimum Gasteiger partial charge on any atom is -0.325 e. The molecule has 1 radical (unpaired) electrons. The minimum atomic E-state index is -0.0720. The lowest BCUT2D eigenvalue weighted by Crippen LogP contribution is -2.15. The second-order valence-electron chi connectivity index (χ2n) is 4.43. The number of nitrogens with one attached hydrogen (secondary N) is 1. The number of halogens is 2. The first-order valence-corrected chi connectivity index (χ1v) is 6.60. The fourth-order valence-electron chi connectivity index (χ4n) is 2.23. The lowest BCUT2D eigenvalue weighted by atomic mass is 9.93. The van der Waals surface area contributed by atoms with Crippen molar-refractivity contribution < 1.29 is 4.79 Å². The first-order valence-electron chi connectivity index (χ1n) is 5.85. The van der Waals surface area contributed by atoms with Gasteiger partial charge >= 0.3 is 0 Å². The van der Waals surface area contributed by atoms with Crippen LogP contribution in [0.15, 0.2) is 42.5 Å². The van der Waals surface area contributed by atoms with Crippen molar-refractivity contribution in [1.82, 2.24) is 0 Å². The third-order valence-electron chi connectivity index (χ3n) is 3.10. The Morgan fingerprint density at radius 2 is 1.79 bits per heavy atom. The van der Waals surface area contributed by atoms with Crippen molar-refractivity contribution in [2.24, 2.45) is 0 Å². The Bertz CT molecular complexity index is 654. The van der Waals surface area contributed by atoms with Gasteiger partial charge in [0.1, 0.15) is 0 Å². The first kappa shape index (κ1) is 12.5. The molecule has 0 saturated carbocycles. The second kappa shape index (κ2) is 4.87. The quantitative estimate of drug-likeness (QED) is 0.886. The number of benzene rings is 2. The van der Waals surface area contributed by atoms with Crippen LogP contribution in [-0.2, 0) is 11.2 Å². The summed E-state index contributed by atoms with van der Waals surface area (Å²) in [5.74, 6) is 0.672. The molecule has 1 heterocycles. The number of rotatable bonds is 2. The maximum atomic E-state index is 12.0. The van der Waals surface area contributed by atoms with Gasteiger partial charge in [0.25, 0.3) is 0 Å². The highest BCUT2D eigenvalue weighted by Crippen LogP contribution is 2.35. The summed E-state index contributed by atoms with van der Waals surface area (Å²) in [7, 11) is 0. The van der Waals surface area contributed by atoms with Gasteiger partial charge in [0, 0.05) is 15.7 Å². The van der Waals surface area contributed by atoms with E-state index in [0.29, 0.717) is 16.5 Å². The van der Waals surface area contributed by atoms with E-state index in [0.717, 1.165) is 22.7 Å². The van der Waals surface area contributed by atoms with Gasteiger partial charge in [0.15, 0.2) is 0 Å². The van der Waals surface area contributed by atoms with E-state index < -0.39 is 0 Å². The molecule has 2 nitrogen and oxygen atoms in total. The van der Waals surface area contributed by atoms with Gasteiger partial charge in [-0.2, -0.15) is 0 Å². The molecule has 1 N–H and O–H groups in total. The molecule has 19 heavy (non-hydrogen) atoms. The number of hydrogen-bond acceptors (Lipinski definition) is 1. The molecule has 0 spiro atoms. The van der Waals surface area contributed by atoms with E-state index in [9.17, 15) is 4.79 Å². The Balaban J connectivity index is 1.92. The monoisotopic (exact) mass is 290 g/mol. The zero-order chi connectivity index (χ0) is 13.4. The molecule has 3 rings (SSSR count). The average molecular weight is 291 g/mol. The Morgan fingerprint density at radius 3 is 2.58 bits per heavy atom. The Labute approximate surface area is 121 Å². The summed E-state index contributed by atoms with van der Waals surface area (Å²) in [4.78, 5) is 12.0. The number of anilines is 1. The molecule has 0 unspecified atom stereocenters. The molecular formula is C15H10Cl2NO. The fraction of sp³-hybridized carbons (Fsp3) is 0.0667. The predicted molar refractivity (Wildman–Crippen MR) is 77.6 cm³/mol. The Kier molecular flexibility index (Phi) is 3.21. The summed E-state index contributed by atoms with van der Waals surface area (Å²) in [5.41, 5.74) is 2.70. The van der Waals surface area contributed by atoms with Crippen molar-refractivity contribution in [3.05, 3.63) is 69.6 Å². The van der Waals surface area contributed by atoms with Crippen LogP contribution in [0.3, 0.4) is 0 Å². The highest BCUT2D eigenvalue weighted by atomic mass is 35.5. The third-order valence-corrected chi connectivity index (χ3v) is 3.57. The van der Waals surface area contributed by atoms with Crippen LogP contribution < -0.4 is 5.32 Å². The molecule has 0 aromatic heterocycles. The summed E-state index contributed by atoms with van der Waals surface area (Å²) in [6.45, 7) is 0. The van der Waals surface area contributed by atoms with Crippen LogP contribution in [0.4, 0.5) is 5.69 Å². The molecule has 1 amide bonds. The van der Waals surface area contributed by atoms with E-state index in [1.54, 1.807) is 12.1 Å². The number of amides is 1. The van der Waals surface area contributed by atoms with E-state index in [4.69, 9.17) is 23.2 Å². The smallest absolute Gasteiger partial charge is 0.236 e. The molecule has 0 atom stereocenters. The van der Waals surface area contributed by atoms with Crippen molar-refractivity contribution in [2.75, 3.05) is 5.32 Å². The van der Waals surface area contributed by atoms with Gasteiger partial charge in [-0.05, 0) is 41.8 Å². The molecule has 4 heteroatoms. The topological polar surface area (TPSA) is 29.1 Å². The van der Waals surface area contributed by atoms with Crippen LogP contribution >= 0.6 is 23.2 Å². The van der Waals surface area contributed by atoms with E-state index in [-0.39, 0.29) is 5.91 Å². The molecular weight excluding hydrogens is 281 g/mol. The van der Waals surface area contributed by atoms with Crippen molar-refractivity contribution in [2.45, 2.75) is 6.42 Å². The fourth-order valence-corrected chi connectivity index (χ4v) is 2.61. The maximum Gasteiger partial charge on any atom is 0.236 e. The largest absolute Gasteiger partial charge is 0.325 e. The van der Waals surface area contributed by atoms with Gasteiger partial charge in [0.05, 0.1) is 5.92 Å². The molecule has 0 fully saturated rings. The molecule has 2 aromatic rings. The average Bonchev–Trinajstić information content (AvgIpc) is 2.65. The predicted octanol–water partition coefficient (Wildman–Crippen LogP) is 4.11. The SMILES string of the molecule is O=C1Nc2cc(Cl)ccc2[C]1Cc1cccc(Cl)c1. The van der Waals surface area contributed by atoms with Crippen molar-refractivity contribution >= 4 is 34.8 Å². The standard InChI is InChI=1S/C15H10Cl2NO/c16-10-3-1-2-9(6-10)7-13-12-5-4-11(17)8-14(12)18-15(13)19/h1-6,8H,7H2,(H,18,19). The van der Waals surface area contributed by atoms with Gasteiger partial charge in [0.2, 0.25) is 5.91 Å². The van der Waals surface area contributed by atoms with Crippen molar-refractivity contribution in [3.63, 3.8) is 0 Å². The Morgan fingerprint density at radius 1 is 1.00 bits per heavy atom. The van der Waals surface area contributed by atoms with E-state index >= 15 is 0 Å². The van der Waals surface area contributed by atoms with Gasteiger partial charge < -0.3 is 5.32 Å². The molecule has 2 aromatic carbocycles. The highest BCUT2D eigenvalue weighted by molar-refractivity contribution is 6.31. The lowest BCUT2D eigenvalue weighted by molar-refractivity contribution is -0.113. The minimum absolute atomic E-state index is 0.0720. The van der Waals surface area contributed by atoms with E-state index in [1.807, 2.05) is 30.3 Å². The molecule has 0 saturated heterocycles. The number of carbonyl (C=O) groups excluding carboxylic acids is 1. The summed E-state index contributed by atoms with van der Waals surface area (Å²) < 4.78 is 0. The van der Waals surface area contributed by atoms with Crippen LogP contribution in [0.25, 0.3) is 0 Å². The van der Waals surface area contributed by atoms with Crippen molar-refractivity contribution in [3.8, 4) is 0 Å². The van der Waals surface area contributed by atoms with Crippen LogP contribution in [0.2, 0.25) is 10.0 Å². The van der Waals surface area contributed by atoms with Crippen LogP contribution in [0.5, 0.6) is 0 Å². The molecule has 0 bridgehead atoms. The highest BCUT2D eigenvalue weighted by Gasteiger charge is 2.31. The van der Waals surface area contributed by atoms with Gasteiger partial charge in [-0.3, -0.25) is 4.79 Å². The number of fused-ring (bicyclic) bond motifs is 1. The number of hydrogen-bond donors (Lipinski definition) is 1. The van der Waals surface area contributed by atoms with Crippen LogP contribution in [-0.4, -0.2) is 5.91 Å². The summed E-state index contributed by atoms with van der Waals surface area (Å²) in [5, 5.41) is 4.12. The first-order chi connectivity index (χ1) is 9.13. The van der Waals surface area contributed by atoms with Gasteiger partial charge in [-0.15, -0.1) is 0 Å². The third kappa shape index (κ3) is 2.46. The zero-order valence-corrected chi connectivity index (χ0v) is 11.4. The van der Waals surface area contributed by atoms with Gasteiger partial charge in [-0.1, -0.05) is 41.4 Å². The molecule has 1 aliphatic rings. The van der Waals surface area contributed by atoms with E-state index in [2.05, 4.69) is 5.32 Å². The molecule has 1 aliphatic heterocycles. The molecule has 0 aliphatic carbocycles. The Hall–Kier alpha value is -1.51. The van der Waals surface area contributed by atoms with Crippen LogP contribution in [0.1, 0.15) is 11.1 Å². The second-order valence-corrected chi connectivity index (χ2v) is 5.30. The summed E-state index contributed by atoms with van der Waals surface area (Å²) in [6.07, 6.45) is 0.557. The normalized spacial score (nSPS) is 14.3. The van der Waals surface area contributed by atoms with E-state index in [1.165, 1.54) is 0 Å². The molecule has 95 valence electrons. The zero-order valence-electron chi connectivity index (χ0n) is 9.91. The lowest BCUT2D eigenvalue weighted by Gasteiger charge is -2.08. The van der Waals surface area contributed by atoms with Crippen molar-refractivity contribution in [1.29, 1.82) is 0 Å². The van der Waals surface area contributed by atoms with Crippen LogP contribution in [0, 0.1) is 5.92 Å². The summed E-state index contributed by atoms with van der Waals surface area (Å²) >= 11 is 11.9. The van der Waals surface area contributed by atoms with Gasteiger partial charge in [-0.25, -0.2) is 0 Å².